The normalized spacial score (nSPS) is 19.0. The standard InChI is InChI=1S/C17H21N3O2/c1-14-18-8-7-16(19-14)17-13-20(10-12-22-17)9-11-21-15-5-3-2-4-6-15/h2-8,17H,9-13H2,1H3. The zero-order chi connectivity index (χ0) is 15.2. The molecule has 0 amide bonds. The van der Waals surface area contributed by atoms with Crippen molar-refractivity contribution in [1.82, 2.24) is 14.9 Å². The molecule has 0 bridgehead atoms. The zero-order valence-corrected chi connectivity index (χ0v) is 12.8. The minimum absolute atomic E-state index is 0.0205. The fraction of sp³-hybridized carbons (Fsp3) is 0.412. The number of morpholine rings is 1. The SMILES string of the molecule is Cc1nccc(C2CN(CCOc3ccccc3)CCO2)n1. The van der Waals surface area contributed by atoms with Gasteiger partial charge in [-0.25, -0.2) is 9.97 Å². The molecule has 3 rings (SSSR count). The molecule has 2 heterocycles. The van der Waals surface area contributed by atoms with Crippen molar-refractivity contribution in [3.05, 3.63) is 54.1 Å². The van der Waals surface area contributed by atoms with E-state index in [-0.39, 0.29) is 6.10 Å². The Morgan fingerprint density at radius 2 is 2.14 bits per heavy atom. The molecule has 1 aliphatic rings. The van der Waals surface area contributed by atoms with Gasteiger partial charge in [-0.05, 0) is 25.1 Å². The average Bonchev–Trinajstić information content (AvgIpc) is 2.56. The van der Waals surface area contributed by atoms with Crippen LogP contribution in [0.25, 0.3) is 0 Å². The number of hydrogen-bond donors (Lipinski definition) is 0. The number of nitrogens with zero attached hydrogens (tertiary/aromatic N) is 3. The third-order valence-electron chi connectivity index (χ3n) is 3.70. The summed E-state index contributed by atoms with van der Waals surface area (Å²) in [5.74, 6) is 1.70. The first-order valence-electron chi connectivity index (χ1n) is 7.62. The average molecular weight is 299 g/mol. The van der Waals surface area contributed by atoms with Gasteiger partial charge in [-0.1, -0.05) is 18.2 Å². The van der Waals surface area contributed by atoms with E-state index in [4.69, 9.17) is 9.47 Å². The van der Waals surface area contributed by atoms with Crippen LogP contribution in [-0.4, -0.2) is 47.7 Å². The number of aromatic nitrogens is 2. The van der Waals surface area contributed by atoms with Gasteiger partial charge in [-0.15, -0.1) is 0 Å². The molecule has 22 heavy (non-hydrogen) atoms. The summed E-state index contributed by atoms with van der Waals surface area (Å²) in [6.45, 7) is 5.96. The van der Waals surface area contributed by atoms with E-state index in [2.05, 4.69) is 14.9 Å². The highest BCUT2D eigenvalue weighted by molar-refractivity contribution is 5.20. The van der Waals surface area contributed by atoms with E-state index >= 15 is 0 Å². The van der Waals surface area contributed by atoms with Crippen molar-refractivity contribution < 1.29 is 9.47 Å². The van der Waals surface area contributed by atoms with Gasteiger partial charge in [0.2, 0.25) is 0 Å². The fourth-order valence-corrected chi connectivity index (χ4v) is 2.55. The Labute approximate surface area is 130 Å². The van der Waals surface area contributed by atoms with Crippen molar-refractivity contribution in [2.24, 2.45) is 0 Å². The molecule has 5 heteroatoms. The number of benzene rings is 1. The van der Waals surface area contributed by atoms with Crippen molar-refractivity contribution in [2.45, 2.75) is 13.0 Å². The predicted molar refractivity (Wildman–Crippen MR) is 83.8 cm³/mol. The van der Waals surface area contributed by atoms with Gasteiger partial charge in [0, 0.05) is 25.8 Å². The van der Waals surface area contributed by atoms with Crippen LogP contribution < -0.4 is 4.74 Å². The molecule has 1 aliphatic heterocycles. The summed E-state index contributed by atoms with van der Waals surface area (Å²) in [7, 11) is 0. The molecule has 116 valence electrons. The van der Waals surface area contributed by atoms with Gasteiger partial charge in [0.25, 0.3) is 0 Å². The zero-order valence-electron chi connectivity index (χ0n) is 12.8. The fourth-order valence-electron chi connectivity index (χ4n) is 2.55. The van der Waals surface area contributed by atoms with Crippen LogP contribution >= 0.6 is 0 Å². The molecule has 0 saturated carbocycles. The first-order valence-corrected chi connectivity index (χ1v) is 7.62. The molecule has 0 radical (unpaired) electrons. The van der Waals surface area contributed by atoms with E-state index in [1.54, 1.807) is 6.20 Å². The summed E-state index contributed by atoms with van der Waals surface area (Å²) < 4.78 is 11.6. The predicted octanol–water partition coefficient (Wildman–Crippen LogP) is 2.24. The lowest BCUT2D eigenvalue weighted by Gasteiger charge is -2.32. The van der Waals surface area contributed by atoms with Crippen LogP contribution in [0, 0.1) is 6.92 Å². The summed E-state index contributed by atoms with van der Waals surface area (Å²) in [6, 6.07) is 11.8. The summed E-state index contributed by atoms with van der Waals surface area (Å²) in [4.78, 5) is 11.0. The third kappa shape index (κ3) is 4.02. The maximum absolute atomic E-state index is 5.84. The Hall–Kier alpha value is -1.98. The number of aryl methyl sites for hydroxylation is 1. The van der Waals surface area contributed by atoms with Crippen molar-refractivity contribution in [3.63, 3.8) is 0 Å². The van der Waals surface area contributed by atoms with Crippen molar-refractivity contribution in [3.8, 4) is 5.75 Å². The molecule has 0 spiro atoms. The highest BCUT2D eigenvalue weighted by Gasteiger charge is 2.23. The van der Waals surface area contributed by atoms with Crippen molar-refractivity contribution >= 4 is 0 Å². The Kier molecular flexibility index (Phi) is 4.98. The quantitative estimate of drug-likeness (QED) is 0.847. The van der Waals surface area contributed by atoms with Crippen LogP contribution in [-0.2, 0) is 4.74 Å². The van der Waals surface area contributed by atoms with E-state index in [1.807, 2.05) is 43.3 Å². The topological polar surface area (TPSA) is 47.5 Å². The van der Waals surface area contributed by atoms with Crippen LogP contribution in [0.2, 0.25) is 0 Å². The van der Waals surface area contributed by atoms with Crippen LogP contribution in [0.1, 0.15) is 17.6 Å². The summed E-state index contributed by atoms with van der Waals surface area (Å²) in [5.41, 5.74) is 0.959. The summed E-state index contributed by atoms with van der Waals surface area (Å²) in [5, 5.41) is 0. The van der Waals surface area contributed by atoms with Gasteiger partial charge in [-0.3, -0.25) is 4.90 Å². The van der Waals surface area contributed by atoms with E-state index in [0.29, 0.717) is 6.61 Å². The lowest BCUT2D eigenvalue weighted by atomic mass is 10.2. The molecular formula is C17H21N3O2. The molecule has 1 fully saturated rings. The van der Waals surface area contributed by atoms with Gasteiger partial charge in [0.1, 0.15) is 24.3 Å². The van der Waals surface area contributed by atoms with E-state index < -0.39 is 0 Å². The number of hydrogen-bond acceptors (Lipinski definition) is 5. The molecule has 1 atom stereocenters. The second kappa shape index (κ2) is 7.33. The minimum Gasteiger partial charge on any atom is -0.492 e. The molecule has 1 aromatic heterocycles. The minimum atomic E-state index is 0.0205. The molecule has 0 N–H and O–H groups in total. The first kappa shape index (κ1) is 14.9. The Morgan fingerprint density at radius 1 is 1.27 bits per heavy atom. The second-order valence-electron chi connectivity index (χ2n) is 5.35. The smallest absolute Gasteiger partial charge is 0.125 e. The Morgan fingerprint density at radius 3 is 2.95 bits per heavy atom. The maximum Gasteiger partial charge on any atom is 0.125 e. The Bertz CT molecular complexity index is 591. The van der Waals surface area contributed by atoms with Gasteiger partial charge >= 0.3 is 0 Å². The largest absolute Gasteiger partial charge is 0.492 e. The molecule has 5 nitrogen and oxygen atoms in total. The van der Waals surface area contributed by atoms with Gasteiger partial charge < -0.3 is 9.47 Å². The third-order valence-corrected chi connectivity index (χ3v) is 3.70. The second-order valence-corrected chi connectivity index (χ2v) is 5.35. The molecule has 1 saturated heterocycles. The molecule has 2 aromatic rings. The van der Waals surface area contributed by atoms with Crippen molar-refractivity contribution in [2.75, 3.05) is 32.8 Å². The number of rotatable bonds is 5. The monoisotopic (exact) mass is 299 g/mol. The maximum atomic E-state index is 5.84. The van der Waals surface area contributed by atoms with Crippen LogP contribution in [0.15, 0.2) is 42.6 Å². The van der Waals surface area contributed by atoms with Gasteiger partial charge in [0.05, 0.1) is 12.3 Å². The molecule has 1 unspecified atom stereocenters. The Balaban J connectivity index is 1.50. The van der Waals surface area contributed by atoms with Crippen LogP contribution in [0.3, 0.4) is 0 Å². The van der Waals surface area contributed by atoms with E-state index in [0.717, 1.165) is 43.5 Å². The number of para-hydroxylation sites is 1. The van der Waals surface area contributed by atoms with E-state index in [9.17, 15) is 0 Å². The summed E-state index contributed by atoms with van der Waals surface area (Å²) >= 11 is 0. The van der Waals surface area contributed by atoms with Crippen LogP contribution in [0.5, 0.6) is 5.75 Å². The van der Waals surface area contributed by atoms with Gasteiger partial charge in [-0.2, -0.15) is 0 Å². The highest BCUT2D eigenvalue weighted by Crippen LogP contribution is 2.20. The number of ether oxygens (including phenoxy) is 2. The first-order chi connectivity index (χ1) is 10.8. The highest BCUT2D eigenvalue weighted by atomic mass is 16.5. The van der Waals surface area contributed by atoms with Gasteiger partial charge in [0.15, 0.2) is 0 Å². The lowest BCUT2D eigenvalue weighted by molar-refractivity contribution is -0.0350. The van der Waals surface area contributed by atoms with E-state index in [1.165, 1.54) is 0 Å². The molecule has 0 aliphatic carbocycles. The molecule has 1 aromatic carbocycles. The van der Waals surface area contributed by atoms with Crippen LogP contribution in [0.4, 0.5) is 0 Å². The lowest BCUT2D eigenvalue weighted by Crippen LogP contribution is -2.40. The molecular weight excluding hydrogens is 278 g/mol. The summed E-state index contributed by atoms with van der Waals surface area (Å²) in [6.07, 6.45) is 1.81. The van der Waals surface area contributed by atoms with Crippen molar-refractivity contribution in [1.29, 1.82) is 0 Å².